The molecule has 1 amide bonds. The first kappa shape index (κ1) is 15.5. The first-order chi connectivity index (χ1) is 12.2. The number of thiophene rings is 1. The molecule has 0 aliphatic carbocycles. The number of benzene rings is 1. The minimum atomic E-state index is -0.0786. The molecule has 5 nitrogen and oxygen atoms in total. The third-order valence-electron chi connectivity index (χ3n) is 4.12. The summed E-state index contributed by atoms with van der Waals surface area (Å²) in [6.07, 6.45) is 3.49. The van der Waals surface area contributed by atoms with Crippen LogP contribution in [0.3, 0.4) is 0 Å². The Morgan fingerprint density at radius 3 is 2.92 bits per heavy atom. The fraction of sp³-hybridized carbons (Fsp3) is 0.105. The second kappa shape index (κ2) is 6.49. The van der Waals surface area contributed by atoms with Gasteiger partial charge in [0.15, 0.2) is 5.65 Å². The van der Waals surface area contributed by atoms with Gasteiger partial charge in [-0.15, -0.1) is 11.3 Å². The molecule has 0 spiro atoms. The zero-order chi connectivity index (χ0) is 17.2. The summed E-state index contributed by atoms with van der Waals surface area (Å²) in [6.45, 7) is 2.49. The van der Waals surface area contributed by atoms with Crippen LogP contribution in [0.4, 0.5) is 0 Å². The molecule has 1 aromatic carbocycles. The predicted molar refractivity (Wildman–Crippen MR) is 99.1 cm³/mol. The lowest BCUT2D eigenvalue weighted by molar-refractivity contribution is 0.0950. The maximum Gasteiger partial charge on any atom is 0.251 e. The van der Waals surface area contributed by atoms with Crippen molar-refractivity contribution in [1.82, 2.24) is 19.9 Å². The summed E-state index contributed by atoms with van der Waals surface area (Å²) < 4.78 is 1.92. The van der Waals surface area contributed by atoms with Crippen molar-refractivity contribution in [3.8, 4) is 5.69 Å². The van der Waals surface area contributed by atoms with Crippen LogP contribution < -0.4 is 5.32 Å². The van der Waals surface area contributed by atoms with Gasteiger partial charge in [-0.2, -0.15) is 0 Å². The maximum atomic E-state index is 12.6. The molecule has 124 valence electrons. The maximum absolute atomic E-state index is 12.6. The monoisotopic (exact) mass is 348 g/mol. The summed E-state index contributed by atoms with van der Waals surface area (Å²) in [7, 11) is 0. The Bertz CT molecular complexity index is 1040. The predicted octanol–water partition coefficient (Wildman–Crippen LogP) is 3.72. The van der Waals surface area contributed by atoms with Gasteiger partial charge in [0.05, 0.1) is 12.2 Å². The lowest BCUT2D eigenvalue weighted by Crippen LogP contribution is -2.23. The largest absolute Gasteiger partial charge is 0.347 e. The number of carbonyl (C=O) groups is 1. The van der Waals surface area contributed by atoms with Gasteiger partial charge in [-0.3, -0.25) is 9.36 Å². The molecule has 0 saturated heterocycles. The average molecular weight is 348 g/mol. The molecule has 4 rings (SSSR count). The number of pyridine rings is 1. The van der Waals surface area contributed by atoms with Gasteiger partial charge in [-0.25, -0.2) is 9.97 Å². The molecule has 0 aliphatic rings. The topological polar surface area (TPSA) is 59.8 Å². The third-order valence-corrected chi connectivity index (χ3v) is 5.00. The van der Waals surface area contributed by atoms with E-state index in [9.17, 15) is 4.79 Å². The molecule has 0 bridgehead atoms. The smallest absolute Gasteiger partial charge is 0.251 e. The normalized spacial score (nSPS) is 10.9. The molecule has 0 unspecified atom stereocenters. The molecule has 1 N–H and O–H groups in total. The highest BCUT2D eigenvalue weighted by molar-refractivity contribution is 7.09. The van der Waals surface area contributed by atoms with Gasteiger partial charge in [0.25, 0.3) is 5.91 Å². The molecular weight excluding hydrogens is 332 g/mol. The summed E-state index contributed by atoms with van der Waals surface area (Å²) in [5.74, 6) is -0.0786. The van der Waals surface area contributed by atoms with Crippen molar-refractivity contribution in [1.29, 1.82) is 0 Å². The molecule has 25 heavy (non-hydrogen) atoms. The minimum Gasteiger partial charge on any atom is -0.347 e. The van der Waals surface area contributed by atoms with Crippen molar-refractivity contribution < 1.29 is 4.79 Å². The summed E-state index contributed by atoms with van der Waals surface area (Å²) in [6, 6.07) is 13.5. The van der Waals surface area contributed by atoms with Crippen LogP contribution >= 0.6 is 11.3 Å². The Hall–Kier alpha value is -2.99. The van der Waals surface area contributed by atoms with Crippen LogP contribution in [0.15, 0.2) is 60.4 Å². The van der Waals surface area contributed by atoms with Crippen molar-refractivity contribution in [2.75, 3.05) is 0 Å². The highest BCUT2D eigenvalue weighted by atomic mass is 32.1. The van der Waals surface area contributed by atoms with Crippen molar-refractivity contribution in [2.45, 2.75) is 13.5 Å². The summed E-state index contributed by atoms with van der Waals surface area (Å²) in [4.78, 5) is 22.5. The van der Waals surface area contributed by atoms with Crippen molar-refractivity contribution in [3.63, 3.8) is 0 Å². The van der Waals surface area contributed by atoms with E-state index in [0.717, 1.165) is 27.3 Å². The second-order valence-corrected chi connectivity index (χ2v) is 6.70. The van der Waals surface area contributed by atoms with E-state index in [4.69, 9.17) is 0 Å². The lowest BCUT2D eigenvalue weighted by Gasteiger charge is -2.12. The molecule has 4 aromatic rings. The van der Waals surface area contributed by atoms with Crippen molar-refractivity contribution in [2.24, 2.45) is 0 Å². The fourth-order valence-corrected chi connectivity index (χ4v) is 3.48. The number of aromatic nitrogens is 3. The molecule has 0 atom stereocenters. The van der Waals surface area contributed by atoms with Crippen molar-refractivity contribution >= 4 is 28.4 Å². The summed E-state index contributed by atoms with van der Waals surface area (Å²) in [5, 5.41) is 4.99. The number of fused-ring (bicyclic) bond motifs is 1. The van der Waals surface area contributed by atoms with Crippen LogP contribution in [0.1, 0.15) is 20.8 Å². The lowest BCUT2D eigenvalue weighted by atomic mass is 10.1. The minimum absolute atomic E-state index is 0.0786. The molecule has 0 saturated carbocycles. The van der Waals surface area contributed by atoms with Gasteiger partial charge >= 0.3 is 0 Å². The number of carbonyl (C=O) groups excluding carboxylic acids is 1. The zero-order valence-corrected chi connectivity index (χ0v) is 14.5. The molecule has 0 radical (unpaired) electrons. The first-order valence-electron chi connectivity index (χ1n) is 7.92. The van der Waals surface area contributed by atoms with Crippen LogP contribution in [0.5, 0.6) is 0 Å². The quantitative estimate of drug-likeness (QED) is 0.611. The fourth-order valence-electron chi connectivity index (χ4n) is 2.83. The number of hydrogen-bond acceptors (Lipinski definition) is 4. The van der Waals surface area contributed by atoms with Crippen LogP contribution in [0.25, 0.3) is 16.9 Å². The van der Waals surface area contributed by atoms with E-state index in [-0.39, 0.29) is 5.91 Å². The average Bonchev–Trinajstić information content (AvgIpc) is 3.29. The summed E-state index contributed by atoms with van der Waals surface area (Å²) in [5.41, 5.74) is 4.07. The van der Waals surface area contributed by atoms with Crippen LogP contribution in [-0.4, -0.2) is 20.4 Å². The number of nitrogens with zero attached hydrogens (tertiary/aromatic N) is 3. The van der Waals surface area contributed by atoms with Gasteiger partial charge in [0.1, 0.15) is 11.8 Å². The van der Waals surface area contributed by atoms with Crippen LogP contribution in [0.2, 0.25) is 0 Å². The number of imidazole rings is 1. The van der Waals surface area contributed by atoms with Crippen LogP contribution in [0, 0.1) is 6.92 Å². The van der Waals surface area contributed by atoms with Gasteiger partial charge in [0, 0.05) is 16.6 Å². The Balaban J connectivity index is 1.67. The van der Waals surface area contributed by atoms with E-state index in [2.05, 4.69) is 15.3 Å². The first-order valence-corrected chi connectivity index (χ1v) is 8.80. The molecule has 3 aromatic heterocycles. The van der Waals surface area contributed by atoms with Gasteiger partial charge in [0.2, 0.25) is 0 Å². The standard InChI is InChI=1S/C19H16N4OS/c1-13-15(19(24)21-11-14-5-4-10-25-14)6-2-8-17(13)23-12-22-16-7-3-9-20-18(16)23/h2-10,12H,11H2,1H3,(H,21,24). The van der Waals surface area contributed by atoms with E-state index in [1.54, 1.807) is 23.9 Å². The van der Waals surface area contributed by atoms with E-state index < -0.39 is 0 Å². The Morgan fingerprint density at radius 1 is 1.16 bits per heavy atom. The van der Waals surface area contributed by atoms with Gasteiger partial charge < -0.3 is 5.32 Å². The molecule has 0 fully saturated rings. The van der Waals surface area contributed by atoms with Gasteiger partial charge in [-0.1, -0.05) is 12.1 Å². The molecule has 0 aliphatic heterocycles. The number of amides is 1. The van der Waals surface area contributed by atoms with E-state index in [1.165, 1.54) is 0 Å². The Morgan fingerprint density at radius 2 is 2.08 bits per heavy atom. The SMILES string of the molecule is Cc1c(C(=O)NCc2cccs2)cccc1-n1cnc2cccnc21. The highest BCUT2D eigenvalue weighted by Crippen LogP contribution is 2.22. The number of rotatable bonds is 4. The van der Waals surface area contributed by atoms with E-state index in [0.29, 0.717) is 12.1 Å². The van der Waals surface area contributed by atoms with Crippen molar-refractivity contribution in [3.05, 3.63) is 76.4 Å². The zero-order valence-electron chi connectivity index (χ0n) is 13.6. The Kier molecular flexibility index (Phi) is 4.03. The summed E-state index contributed by atoms with van der Waals surface area (Å²) >= 11 is 1.63. The molecule has 6 heteroatoms. The third kappa shape index (κ3) is 2.92. The highest BCUT2D eigenvalue weighted by Gasteiger charge is 2.14. The Labute approximate surface area is 149 Å². The number of nitrogens with one attached hydrogen (secondary N) is 1. The van der Waals surface area contributed by atoms with E-state index >= 15 is 0 Å². The molecular formula is C19H16N4OS. The van der Waals surface area contributed by atoms with Crippen LogP contribution in [-0.2, 0) is 6.54 Å². The van der Waals surface area contributed by atoms with Gasteiger partial charge in [-0.05, 0) is 48.2 Å². The van der Waals surface area contributed by atoms with E-state index in [1.807, 2.05) is 59.3 Å². The number of hydrogen-bond donors (Lipinski definition) is 1. The molecule has 3 heterocycles. The second-order valence-electron chi connectivity index (χ2n) is 5.67.